The second-order valence-corrected chi connectivity index (χ2v) is 7.53. The zero-order chi connectivity index (χ0) is 19.0. The zero-order valence-corrected chi connectivity index (χ0v) is 16.0. The van der Waals surface area contributed by atoms with Crippen LogP contribution in [0, 0.1) is 0 Å². The predicted octanol–water partition coefficient (Wildman–Crippen LogP) is 3.25. The van der Waals surface area contributed by atoms with Crippen LogP contribution < -0.4 is 10.3 Å². The van der Waals surface area contributed by atoms with E-state index in [1.807, 2.05) is 35.2 Å². The Morgan fingerprint density at radius 3 is 2.78 bits per heavy atom. The lowest BCUT2D eigenvalue weighted by Crippen LogP contribution is -2.37. The highest BCUT2D eigenvalue weighted by Gasteiger charge is 2.33. The predicted molar refractivity (Wildman–Crippen MR) is 104 cm³/mol. The van der Waals surface area contributed by atoms with Crippen LogP contribution in [0.2, 0.25) is 0 Å². The standard InChI is InChI=1S/C22H26N2O3/c1-23-19-10-4-3-7-16(19)14-18(21(23)25)22(26)24-12-6-11-20(24)15-8-5-9-17(13-15)27-2/h5,8-9,13-14,20H,3-4,6-7,10-12H2,1-2H3/t20-/m1/s1. The van der Waals surface area contributed by atoms with Crippen molar-refractivity contribution in [1.82, 2.24) is 9.47 Å². The van der Waals surface area contributed by atoms with Crippen molar-refractivity contribution >= 4 is 5.91 Å². The van der Waals surface area contributed by atoms with Crippen molar-refractivity contribution in [2.45, 2.75) is 44.6 Å². The molecule has 0 N–H and O–H groups in total. The van der Waals surface area contributed by atoms with Gasteiger partial charge in [0.2, 0.25) is 0 Å². The second-order valence-electron chi connectivity index (χ2n) is 7.53. The molecule has 0 saturated carbocycles. The molecule has 0 spiro atoms. The number of carbonyl (C=O) groups is 1. The van der Waals surface area contributed by atoms with Gasteiger partial charge in [0, 0.05) is 19.3 Å². The number of nitrogens with zero attached hydrogens (tertiary/aromatic N) is 2. The molecule has 1 fully saturated rings. The lowest BCUT2D eigenvalue weighted by Gasteiger charge is -2.26. The van der Waals surface area contributed by atoms with Gasteiger partial charge < -0.3 is 14.2 Å². The number of ether oxygens (including phenoxy) is 1. The number of aryl methyl sites for hydroxylation is 1. The van der Waals surface area contributed by atoms with Crippen LogP contribution in [-0.4, -0.2) is 29.0 Å². The molecule has 1 aromatic carbocycles. The summed E-state index contributed by atoms with van der Waals surface area (Å²) >= 11 is 0. The van der Waals surface area contributed by atoms with Crippen molar-refractivity contribution in [3.05, 3.63) is 63.1 Å². The second kappa shape index (κ2) is 7.22. The molecule has 0 unspecified atom stereocenters. The number of benzene rings is 1. The average molecular weight is 366 g/mol. The van der Waals surface area contributed by atoms with Gasteiger partial charge in [-0.2, -0.15) is 0 Å². The van der Waals surface area contributed by atoms with Gasteiger partial charge in [0.1, 0.15) is 11.3 Å². The molecule has 5 heteroatoms. The summed E-state index contributed by atoms with van der Waals surface area (Å²) in [5, 5.41) is 0. The van der Waals surface area contributed by atoms with Gasteiger partial charge in [0.25, 0.3) is 11.5 Å². The first-order valence-electron chi connectivity index (χ1n) is 9.77. The monoisotopic (exact) mass is 366 g/mol. The van der Waals surface area contributed by atoms with Crippen molar-refractivity contribution < 1.29 is 9.53 Å². The van der Waals surface area contributed by atoms with Gasteiger partial charge in [-0.3, -0.25) is 9.59 Å². The highest BCUT2D eigenvalue weighted by atomic mass is 16.5. The van der Waals surface area contributed by atoms with Crippen molar-refractivity contribution in [3.63, 3.8) is 0 Å². The Hall–Kier alpha value is -2.56. The van der Waals surface area contributed by atoms with Crippen LogP contribution in [0.25, 0.3) is 0 Å². The van der Waals surface area contributed by atoms with Crippen LogP contribution >= 0.6 is 0 Å². The molecule has 1 aliphatic heterocycles. The summed E-state index contributed by atoms with van der Waals surface area (Å²) in [5.41, 5.74) is 3.46. The maximum Gasteiger partial charge on any atom is 0.263 e. The summed E-state index contributed by atoms with van der Waals surface area (Å²) < 4.78 is 7.03. The first kappa shape index (κ1) is 17.8. The molecule has 0 radical (unpaired) electrons. The van der Waals surface area contributed by atoms with Crippen LogP contribution in [0.15, 0.2) is 35.1 Å². The first-order chi connectivity index (χ1) is 13.1. The van der Waals surface area contributed by atoms with E-state index in [9.17, 15) is 9.59 Å². The van der Waals surface area contributed by atoms with Crippen LogP contribution in [0.3, 0.4) is 0 Å². The van der Waals surface area contributed by atoms with E-state index in [-0.39, 0.29) is 17.5 Å². The highest BCUT2D eigenvalue weighted by molar-refractivity contribution is 5.94. The van der Waals surface area contributed by atoms with Crippen molar-refractivity contribution in [2.24, 2.45) is 7.05 Å². The van der Waals surface area contributed by atoms with E-state index in [0.29, 0.717) is 12.1 Å². The molecule has 2 aliphatic rings. The summed E-state index contributed by atoms with van der Waals surface area (Å²) in [6.45, 7) is 0.681. The Balaban J connectivity index is 1.69. The lowest BCUT2D eigenvalue weighted by atomic mass is 9.94. The molecular formula is C22H26N2O3. The third kappa shape index (κ3) is 3.15. The number of aromatic nitrogens is 1. The lowest BCUT2D eigenvalue weighted by molar-refractivity contribution is 0.0732. The fraction of sp³-hybridized carbons (Fsp3) is 0.455. The van der Waals surface area contributed by atoms with E-state index >= 15 is 0 Å². The number of fused-ring (bicyclic) bond motifs is 1. The SMILES string of the molecule is COc1cccc([C@H]2CCCN2C(=O)c2cc3c(n(C)c2=O)CCCC3)c1. The minimum atomic E-state index is -0.169. The number of amides is 1. The molecule has 1 aliphatic carbocycles. The van der Waals surface area contributed by atoms with Crippen molar-refractivity contribution in [3.8, 4) is 5.75 Å². The number of methoxy groups -OCH3 is 1. The largest absolute Gasteiger partial charge is 0.497 e. The molecule has 0 bridgehead atoms. The minimum Gasteiger partial charge on any atom is -0.497 e. The molecule has 1 atom stereocenters. The maximum absolute atomic E-state index is 13.3. The normalized spacial score (nSPS) is 19.0. The molecule has 1 aromatic heterocycles. The van der Waals surface area contributed by atoms with Crippen molar-refractivity contribution in [2.75, 3.05) is 13.7 Å². The van der Waals surface area contributed by atoms with Gasteiger partial charge in [-0.05, 0) is 67.9 Å². The molecule has 5 nitrogen and oxygen atoms in total. The zero-order valence-electron chi connectivity index (χ0n) is 16.0. The fourth-order valence-corrected chi connectivity index (χ4v) is 4.50. The van der Waals surface area contributed by atoms with Crippen LogP contribution in [-0.2, 0) is 19.9 Å². The molecule has 2 heterocycles. The van der Waals surface area contributed by atoms with E-state index in [1.165, 1.54) is 0 Å². The number of likely N-dealkylation sites (tertiary alicyclic amines) is 1. The Bertz CT molecular complexity index is 932. The first-order valence-corrected chi connectivity index (χ1v) is 9.77. The van der Waals surface area contributed by atoms with Gasteiger partial charge >= 0.3 is 0 Å². The number of carbonyl (C=O) groups excluding carboxylic acids is 1. The van der Waals surface area contributed by atoms with E-state index in [1.54, 1.807) is 18.7 Å². The minimum absolute atomic E-state index is 0.00617. The molecule has 1 amide bonds. The number of rotatable bonds is 3. The average Bonchev–Trinajstić information content (AvgIpc) is 3.20. The van der Waals surface area contributed by atoms with E-state index in [4.69, 9.17) is 4.74 Å². The van der Waals surface area contributed by atoms with Gasteiger partial charge in [-0.15, -0.1) is 0 Å². The van der Waals surface area contributed by atoms with Gasteiger partial charge in [0.05, 0.1) is 13.2 Å². The topological polar surface area (TPSA) is 51.5 Å². The Kier molecular flexibility index (Phi) is 4.77. The number of pyridine rings is 1. The van der Waals surface area contributed by atoms with Gasteiger partial charge in [-0.1, -0.05) is 12.1 Å². The fourth-order valence-electron chi connectivity index (χ4n) is 4.50. The Morgan fingerprint density at radius 2 is 1.96 bits per heavy atom. The van der Waals surface area contributed by atoms with E-state index in [0.717, 1.165) is 61.1 Å². The molecule has 27 heavy (non-hydrogen) atoms. The molecule has 142 valence electrons. The van der Waals surface area contributed by atoms with E-state index in [2.05, 4.69) is 0 Å². The van der Waals surface area contributed by atoms with Crippen LogP contribution in [0.4, 0.5) is 0 Å². The van der Waals surface area contributed by atoms with Crippen LogP contribution in [0.5, 0.6) is 5.75 Å². The number of hydrogen-bond acceptors (Lipinski definition) is 3. The van der Waals surface area contributed by atoms with Gasteiger partial charge in [-0.25, -0.2) is 0 Å². The molecule has 2 aromatic rings. The highest BCUT2D eigenvalue weighted by Crippen LogP contribution is 2.34. The smallest absolute Gasteiger partial charge is 0.263 e. The Morgan fingerprint density at radius 1 is 1.15 bits per heavy atom. The summed E-state index contributed by atoms with van der Waals surface area (Å²) in [6.07, 6.45) is 5.95. The third-order valence-electron chi connectivity index (χ3n) is 5.96. The maximum atomic E-state index is 13.3. The quantitative estimate of drug-likeness (QED) is 0.838. The summed E-state index contributed by atoms with van der Waals surface area (Å²) in [5.74, 6) is 0.644. The Labute approximate surface area is 159 Å². The summed E-state index contributed by atoms with van der Waals surface area (Å²) in [7, 11) is 3.44. The summed E-state index contributed by atoms with van der Waals surface area (Å²) in [4.78, 5) is 28.1. The van der Waals surface area contributed by atoms with Gasteiger partial charge in [0.15, 0.2) is 0 Å². The number of hydrogen-bond donors (Lipinski definition) is 0. The molecule has 1 saturated heterocycles. The van der Waals surface area contributed by atoms with E-state index < -0.39 is 0 Å². The third-order valence-corrected chi connectivity index (χ3v) is 5.96. The molecule has 4 rings (SSSR count). The van der Waals surface area contributed by atoms with Crippen LogP contribution in [0.1, 0.15) is 58.9 Å². The summed E-state index contributed by atoms with van der Waals surface area (Å²) in [6, 6.07) is 9.73. The van der Waals surface area contributed by atoms with Crippen molar-refractivity contribution in [1.29, 1.82) is 0 Å². The molecular weight excluding hydrogens is 340 g/mol.